The molecule has 1 aliphatic heterocycles. The van der Waals surface area contributed by atoms with Crippen LogP contribution in [0.2, 0.25) is 0 Å². The lowest BCUT2D eigenvalue weighted by molar-refractivity contribution is 0.237. The van der Waals surface area contributed by atoms with Gasteiger partial charge in [-0.15, -0.1) is 0 Å². The van der Waals surface area contributed by atoms with Gasteiger partial charge < -0.3 is 4.62 Å². The van der Waals surface area contributed by atoms with Crippen molar-refractivity contribution >= 4 is 40.7 Å². The summed E-state index contributed by atoms with van der Waals surface area (Å²) in [5, 5.41) is 4.81. The van der Waals surface area contributed by atoms with Crippen LogP contribution in [-0.2, 0) is 13.7 Å². The highest BCUT2D eigenvalue weighted by Crippen LogP contribution is 2.61. The van der Waals surface area contributed by atoms with Crippen LogP contribution in [-0.4, -0.2) is 28.0 Å². The Morgan fingerprint density at radius 1 is 1.43 bits per heavy atom. The quantitative estimate of drug-likeness (QED) is 0.445. The molecular weight excluding hydrogens is 327 g/mol. The van der Waals surface area contributed by atoms with Gasteiger partial charge in [-0.05, 0) is 44.5 Å². The van der Waals surface area contributed by atoms with Gasteiger partial charge in [-0.3, -0.25) is 9.52 Å². The minimum atomic E-state index is -3.23. The first-order valence-corrected chi connectivity index (χ1v) is 11.1. The van der Waals surface area contributed by atoms with Gasteiger partial charge in [0.15, 0.2) is 5.04 Å². The highest BCUT2D eigenvalue weighted by Gasteiger charge is 2.34. The molecular formula is C13H25N2O3PS2. The summed E-state index contributed by atoms with van der Waals surface area (Å²) in [6.07, 6.45) is 0.905. The van der Waals surface area contributed by atoms with Crippen molar-refractivity contribution in [1.82, 2.24) is 0 Å². The van der Waals surface area contributed by atoms with E-state index in [0.717, 1.165) is 12.1 Å². The average molecular weight is 352 g/mol. The minimum absolute atomic E-state index is 0.247. The van der Waals surface area contributed by atoms with Crippen LogP contribution in [0.3, 0.4) is 0 Å². The van der Waals surface area contributed by atoms with Crippen molar-refractivity contribution in [3.8, 4) is 0 Å². The molecule has 0 fully saturated rings. The first-order valence-electron chi connectivity index (χ1n) is 7.18. The largest absolute Gasteiger partial charge is 0.459 e. The second kappa shape index (κ2) is 8.04. The summed E-state index contributed by atoms with van der Waals surface area (Å²) < 4.78 is 23.1. The van der Waals surface area contributed by atoms with Crippen molar-refractivity contribution in [2.24, 2.45) is 16.1 Å². The van der Waals surface area contributed by atoms with E-state index >= 15 is 0 Å². The molecule has 0 amide bonds. The van der Waals surface area contributed by atoms with Gasteiger partial charge in [0.1, 0.15) is 4.87 Å². The average Bonchev–Trinajstić information content (AvgIpc) is 2.70. The van der Waals surface area contributed by atoms with Crippen LogP contribution < -0.4 is 0 Å². The van der Waals surface area contributed by atoms with Gasteiger partial charge in [0.25, 0.3) is 0 Å². The number of hydrogen-bond acceptors (Lipinski definition) is 7. The normalized spacial score (nSPS) is 22.4. The predicted octanol–water partition coefficient (Wildman–Crippen LogP) is 5.18. The molecule has 0 bridgehead atoms. The van der Waals surface area contributed by atoms with Crippen LogP contribution in [0.1, 0.15) is 48.0 Å². The fourth-order valence-corrected chi connectivity index (χ4v) is 5.83. The monoisotopic (exact) mass is 352 g/mol. The van der Waals surface area contributed by atoms with Gasteiger partial charge >= 0.3 is 6.80 Å². The zero-order chi connectivity index (χ0) is 16.1. The summed E-state index contributed by atoms with van der Waals surface area (Å²) in [6, 6.07) is 0. The maximum absolute atomic E-state index is 12.5. The smallest absolute Gasteiger partial charge is 0.304 e. The number of oxime groups is 1. The lowest BCUT2D eigenvalue weighted by Crippen LogP contribution is -2.13. The molecule has 0 radical (unpaired) electrons. The molecule has 0 aliphatic carbocycles. The molecule has 1 rings (SSSR count). The Hall–Kier alpha value is 0.0300. The SMILES string of the molecule is CCCSP(=O)(OCC)O/N=C1\SC(C)(C)N=C1C(C)C. The Morgan fingerprint density at radius 2 is 2.10 bits per heavy atom. The molecule has 0 spiro atoms. The summed E-state index contributed by atoms with van der Waals surface area (Å²) in [5.74, 6) is 0.961. The Bertz CT molecular complexity index is 464. The van der Waals surface area contributed by atoms with Gasteiger partial charge in [0.2, 0.25) is 0 Å². The van der Waals surface area contributed by atoms with E-state index in [4.69, 9.17) is 9.15 Å². The standard InChI is InChI=1S/C13H25N2O3PS2/c1-7-9-20-19(16,17-8-2)18-15-12-11(10(3)4)14-13(5,6)21-12/h10H,7-9H2,1-6H3/b15-12-. The lowest BCUT2D eigenvalue weighted by Gasteiger charge is -2.14. The van der Waals surface area contributed by atoms with E-state index in [1.165, 1.54) is 23.1 Å². The molecule has 0 aromatic carbocycles. The molecule has 5 nitrogen and oxygen atoms in total. The zero-order valence-corrected chi connectivity index (χ0v) is 16.1. The zero-order valence-electron chi connectivity index (χ0n) is 13.6. The van der Waals surface area contributed by atoms with Crippen LogP contribution in [0.5, 0.6) is 0 Å². The Morgan fingerprint density at radius 3 is 2.62 bits per heavy atom. The van der Waals surface area contributed by atoms with E-state index < -0.39 is 6.80 Å². The summed E-state index contributed by atoms with van der Waals surface area (Å²) in [5.41, 5.74) is 0.897. The maximum atomic E-state index is 12.5. The van der Waals surface area contributed by atoms with Gasteiger partial charge in [-0.1, -0.05) is 37.7 Å². The number of thioether (sulfide) groups is 1. The third-order valence-electron chi connectivity index (χ3n) is 2.47. The maximum Gasteiger partial charge on any atom is 0.459 e. The van der Waals surface area contributed by atoms with Crippen molar-refractivity contribution in [3.05, 3.63) is 0 Å². The number of rotatable bonds is 8. The molecule has 8 heteroatoms. The summed E-state index contributed by atoms with van der Waals surface area (Å²) >= 11 is 2.72. The molecule has 1 heterocycles. The Labute approximate surface area is 136 Å². The van der Waals surface area contributed by atoms with Gasteiger partial charge in [0, 0.05) is 5.75 Å². The van der Waals surface area contributed by atoms with Crippen LogP contribution >= 0.6 is 29.9 Å². The first kappa shape index (κ1) is 19.1. The molecule has 122 valence electrons. The molecule has 0 saturated carbocycles. The highest BCUT2D eigenvalue weighted by atomic mass is 32.7. The summed E-state index contributed by atoms with van der Waals surface area (Å²) in [6.45, 7) is 9.10. The minimum Gasteiger partial charge on any atom is -0.304 e. The highest BCUT2D eigenvalue weighted by molar-refractivity contribution is 8.55. The van der Waals surface area contributed by atoms with Crippen LogP contribution in [0.15, 0.2) is 10.1 Å². The van der Waals surface area contributed by atoms with Crippen molar-refractivity contribution in [2.75, 3.05) is 12.4 Å². The van der Waals surface area contributed by atoms with Crippen molar-refractivity contribution in [1.29, 1.82) is 0 Å². The number of hydrogen-bond donors (Lipinski definition) is 0. The van der Waals surface area contributed by atoms with E-state index in [-0.39, 0.29) is 10.8 Å². The predicted molar refractivity (Wildman–Crippen MR) is 94.4 cm³/mol. The Balaban J connectivity index is 2.86. The lowest BCUT2D eigenvalue weighted by atomic mass is 10.1. The molecule has 21 heavy (non-hydrogen) atoms. The molecule has 0 aromatic heterocycles. The third kappa shape index (κ3) is 5.97. The molecule has 0 N–H and O–H groups in total. The fraction of sp³-hybridized carbons (Fsp3) is 0.846. The van der Waals surface area contributed by atoms with Crippen LogP contribution in [0.4, 0.5) is 0 Å². The van der Waals surface area contributed by atoms with Gasteiger partial charge in [-0.25, -0.2) is 4.57 Å². The topological polar surface area (TPSA) is 60.2 Å². The first-order chi connectivity index (χ1) is 9.73. The molecule has 0 aromatic rings. The Kier molecular flexibility index (Phi) is 7.31. The van der Waals surface area contributed by atoms with Crippen molar-refractivity contribution in [3.63, 3.8) is 0 Å². The third-order valence-corrected chi connectivity index (χ3v) is 7.31. The van der Waals surface area contributed by atoms with E-state index in [1.54, 1.807) is 6.92 Å². The van der Waals surface area contributed by atoms with Crippen LogP contribution in [0, 0.1) is 5.92 Å². The molecule has 0 saturated heterocycles. The fourth-order valence-electron chi connectivity index (χ4n) is 1.62. The van der Waals surface area contributed by atoms with E-state index in [2.05, 4.69) is 24.0 Å². The molecule has 1 aliphatic rings. The second-order valence-corrected chi connectivity index (χ2v) is 11.1. The van der Waals surface area contributed by atoms with E-state index in [0.29, 0.717) is 17.4 Å². The second-order valence-electron chi connectivity index (χ2n) is 5.38. The van der Waals surface area contributed by atoms with Gasteiger partial charge in [-0.2, -0.15) is 0 Å². The number of nitrogens with zero attached hydrogens (tertiary/aromatic N) is 2. The van der Waals surface area contributed by atoms with Gasteiger partial charge in [0.05, 0.1) is 12.3 Å². The van der Waals surface area contributed by atoms with Crippen molar-refractivity contribution in [2.45, 2.75) is 52.8 Å². The summed E-state index contributed by atoms with van der Waals surface area (Å²) in [4.78, 5) is 4.39. The summed E-state index contributed by atoms with van der Waals surface area (Å²) in [7, 11) is 0. The van der Waals surface area contributed by atoms with E-state index in [9.17, 15) is 4.57 Å². The molecule has 1 atom stereocenters. The van der Waals surface area contributed by atoms with Crippen molar-refractivity contribution < 1.29 is 13.7 Å². The van der Waals surface area contributed by atoms with E-state index in [1.807, 2.05) is 20.8 Å². The van der Waals surface area contributed by atoms with Crippen LogP contribution in [0.25, 0.3) is 0 Å². The molecule has 1 unspecified atom stereocenters. The number of aliphatic imine (C=N–C) groups is 1.